The zero-order valence-electron chi connectivity index (χ0n) is 7.21. The number of hydrogen-bond acceptors (Lipinski definition) is 3. The van der Waals surface area contributed by atoms with Crippen molar-refractivity contribution in [2.24, 2.45) is 11.1 Å². The summed E-state index contributed by atoms with van der Waals surface area (Å²) >= 11 is 0. The molecule has 1 aliphatic rings. The third-order valence-electron chi connectivity index (χ3n) is 2.47. The van der Waals surface area contributed by atoms with Crippen molar-refractivity contribution in [1.29, 1.82) is 0 Å². The van der Waals surface area contributed by atoms with Gasteiger partial charge in [0.1, 0.15) is 5.82 Å². The fraction of sp³-hybridized carbons (Fsp3) is 0.500. The van der Waals surface area contributed by atoms with E-state index in [2.05, 4.69) is 15.5 Å². The molecule has 0 unspecified atom stereocenters. The normalized spacial score (nSPS) is 18.2. The molecule has 0 bridgehead atoms. The van der Waals surface area contributed by atoms with Crippen molar-refractivity contribution in [2.75, 3.05) is 11.9 Å². The van der Waals surface area contributed by atoms with E-state index in [1.807, 2.05) is 0 Å². The first-order valence-corrected chi connectivity index (χ1v) is 4.28. The molecule has 2 rings (SSSR count). The van der Waals surface area contributed by atoms with Gasteiger partial charge in [-0.3, -0.25) is 9.89 Å². The summed E-state index contributed by atoms with van der Waals surface area (Å²) in [4.78, 5) is 11.6. The number of anilines is 1. The number of aromatic nitrogens is 2. The predicted molar refractivity (Wildman–Crippen MR) is 47.9 cm³/mol. The standard InChI is InChI=1S/C8H12N4O/c9-5-8(2-3-8)7(13)11-6-1-4-10-12-6/h1,4H,2-3,5,9H2,(H2,10,11,12,13). The van der Waals surface area contributed by atoms with Crippen molar-refractivity contribution in [3.63, 3.8) is 0 Å². The second-order valence-electron chi connectivity index (χ2n) is 3.41. The first-order chi connectivity index (χ1) is 6.27. The highest BCUT2D eigenvalue weighted by molar-refractivity contribution is 5.96. The van der Waals surface area contributed by atoms with E-state index in [1.165, 1.54) is 0 Å². The molecule has 70 valence electrons. The molecule has 1 amide bonds. The minimum atomic E-state index is -0.300. The summed E-state index contributed by atoms with van der Waals surface area (Å²) in [6.07, 6.45) is 3.38. The van der Waals surface area contributed by atoms with Crippen molar-refractivity contribution < 1.29 is 4.79 Å². The lowest BCUT2D eigenvalue weighted by Crippen LogP contribution is -2.30. The van der Waals surface area contributed by atoms with Crippen LogP contribution in [0.25, 0.3) is 0 Å². The molecular weight excluding hydrogens is 168 g/mol. The zero-order valence-corrected chi connectivity index (χ0v) is 7.21. The summed E-state index contributed by atoms with van der Waals surface area (Å²) in [5, 5.41) is 9.14. The molecule has 0 atom stereocenters. The van der Waals surface area contributed by atoms with Crippen LogP contribution in [0.1, 0.15) is 12.8 Å². The second-order valence-corrected chi connectivity index (χ2v) is 3.41. The molecule has 1 fully saturated rings. The van der Waals surface area contributed by atoms with E-state index in [1.54, 1.807) is 12.3 Å². The Hall–Kier alpha value is -1.36. The van der Waals surface area contributed by atoms with Gasteiger partial charge in [-0.2, -0.15) is 5.10 Å². The topological polar surface area (TPSA) is 83.8 Å². The molecule has 13 heavy (non-hydrogen) atoms. The Labute approximate surface area is 75.7 Å². The van der Waals surface area contributed by atoms with E-state index >= 15 is 0 Å². The number of nitrogens with two attached hydrogens (primary N) is 1. The Morgan fingerprint density at radius 2 is 2.54 bits per heavy atom. The highest BCUT2D eigenvalue weighted by Crippen LogP contribution is 2.45. The van der Waals surface area contributed by atoms with Crippen LogP contribution in [0.5, 0.6) is 0 Å². The number of rotatable bonds is 3. The van der Waals surface area contributed by atoms with Gasteiger partial charge in [0.2, 0.25) is 5.91 Å². The van der Waals surface area contributed by atoms with E-state index in [9.17, 15) is 4.79 Å². The highest BCUT2D eigenvalue weighted by atomic mass is 16.2. The number of hydrogen-bond donors (Lipinski definition) is 3. The molecule has 1 aromatic rings. The quantitative estimate of drug-likeness (QED) is 0.616. The summed E-state index contributed by atoms with van der Waals surface area (Å²) in [5.41, 5.74) is 5.21. The summed E-state index contributed by atoms with van der Waals surface area (Å²) in [5.74, 6) is 0.629. The van der Waals surface area contributed by atoms with Crippen molar-refractivity contribution in [3.05, 3.63) is 12.3 Å². The van der Waals surface area contributed by atoms with Gasteiger partial charge < -0.3 is 11.1 Å². The van der Waals surface area contributed by atoms with Crippen molar-refractivity contribution in [3.8, 4) is 0 Å². The zero-order chi connectivity index (χ0) is 9.31. The third kappa shape index (κ3) is 1.42. The lowest BCUT2D eigenvalue weighted by atomic mass is 10.1. The number of carbonyl (C=O) groups is 1. The molecule has 5 nitrogen and oxygen atoms in total. The minimum absolute atomic E-state index is 0.000694. The van der Waals surface area contributed by atoms with E-state index in [0.29, 0.717) is 12.4 Å². The monoisotopic (exact) mass is 180 g/mol. The van der Waals surface area contributed by atoms with E-state index in [0.717, 1.165) is 12.8 Å². The lowest BCUT2D eigenvalue weighted by Gasteiger charge is -2.10. The summed E-state index contributed by atoms with van der Waals surface area (Å²) in [6, 6.07) is 1.71. The maximum absolute atomic E-state index is 11.6. The highest BCUT2D eigenvalue weighted by Gasteiger charge is 2.48. The van der Waals surface area contributed by atoms with E-state index in [4.69, 9.17) is 5.73 Å². The minimum Gasteiger partial charge on any atom is -0.329 e. The van der Waals surface area contributed by atoms with E-state index in [-0.39, 0.29) is 11.3 Å². The smallest absolute Gasteiger partial charge is 0.233 e. The van der Waals surface area contributed by atoms with Gasteiger partial charge in [-0.25, -0.2) is 0 Å². The second kappa shape index (κ2) is 2.85. The molecule has 0 radical (unpaired) electrons. The largest absolute Gasteiger partial charge is 0.329 e. The molecule has 0 spiro atoms. The Kier molecular flexibility index (Phi) is 1.81. The average Bonchev–Trinajstić information content (AvgIpc) is 2.79. The Morgan fingerprint density at radius 1 is 1.77 bits per heavy atom. The third-order valence-corrected chi connectivity index (χ3v) is 2.47. The summed E-state index contributed by atoms with van der Waals surface area (Å²) in [7, 11) is 0. The maximum Gasteiger partial charge on any atom is 0.233 e. The Balaban J connectivity index is 2.00. The molecule has 4 N–H and O–H groups in total. The number of aromatic amines is 1. The van der Waals surface area contributed by atoms with Gasteiger partial charge in [-0.1, -0.05) is 0 Å². The molecule has 1 heterocycles. The first kappa shape index (κ1) is 8.25. The summed E-state index contributed by atoms with van der Waals surface area (Å²) < 4.78 is 0. The van der Waals surface area contributed by atoms with Crippen LogP contribution in [-0.4, -0.2) is 22.6 Å². The van der Waals surface area contributed by atoms with Crippen LogP contribution >= 0.6 is 0 Å². The van der Waals surface area contributed by atoms with Crippen LogP contribution < -0.4 is 11.1 Å². The molecule has 5 heteroatoms. The van der Waals surface area contributed by atoms with Gasteiger partial charge >= 0.3 is 0 Å². The Morgan fingerprint density at radius 3 is 3.00 bits per heavy atom. The fourth-order valence-electron chi connectivity index (χ4n) is 1.26. The van der Waals surface area contributed by atoms with Crippen molar-refractivity contribution in [1.82, 2.24) is 10.2 Å². The van der Waals surface area contributed by atoms with Gasteiger partial charge in [0.25, 0.3) is 0 Å². The summed E-state index contributed by atoms with van der Waals surface area (Å²) in [6.45, 7) is 0.424. The van der Waals surface area contributed by atoms with Crippen LogP contribution in [0.3, 0.4) is 0 Å². The van der Waals surface area contributed by atoms with Gasteiger partial charge in [-0.15, -0.1) is 0 Å². The number of H-pyrrole nitrogens is 1. The number of nitrogens with zero attached hydrogens (tertiary/aromatic N) is 1. The van der Waals surface area contributed by atoms with Crippen LogP contribution in [-0.2, 0) is 4.79 Å². The first-order valence-electron chi connectivity index (χ1n) is 4.28. The van der Waals surface area contributed by atoms with Gasteiger partial charge in [-0.05, 0) is 12.8 Å². The van der Waals surface area contributed by atoms with Crippen LogP contribution in [0.15, 0.2) is 12.3 Å². The van der Waals surface area contributed by atoms with Crippen LogP contribution in [0.2, 0.25) is 0 Å². The van der Waals surface area contributed by atoms with Crippen molar-refractivity contribution >= 4 is 11.7 Å². The van der Waals surface area contributed by atoms with Gasteiger partial charge in [0.05, 0.1) is 11.6 Å². The molecule has 0 saturated heterocycles. The molecule has 0 aliphatic heterocycles. The number of nitrogens with one attached hydrogen (secondary N) is 2. The molecule has 1 aromatic heterocycles. The fourth-order valence-corrected chi connectivity index (χ4v) is 1.26. The van der Waals surface area contributed by atoms with Gasteiger partial charge in [0.15, 0.2) is 0 Å². The molecule has 1 saturated carbocycles. The molecular formula is C8H12N4O. The maximum atomic E-state index is 11.6. The van der Waals surface area contributed by atoms with Crippen LogP contribution in [0.4, 0.5) is 5.82 Å². The number of carbonyl (C=O) groups excluding carboxylic acids is 1. The van der Waals surface area contributed by atoms with Crippen molar-refractivity contribution in [2.45, 2.75) is 12.8 Å². The Bertz CT molecular complexity index is 302. The molecule has 1 aliphatic carbocycles. The molecule has 0 aromatic carbocycles. The lowest BCUT2D eigenvalue weighted by molar-refractivity contribution is -0.120. The number of amides is 1. The van der Waals surface area contributed by atoms with Crippen LogP contribution in [0, 0.1) is 5.41 Å². The SMILES string of the molecule is NCC1(C(=O)Nc2ccn[nH]2)CC1. The van der Waals surface area contributed by atoms with Gasteiger partial charge in [0, 0.05) is 12.6 Å². The van der Waals surface area contributed by atoms with E-state index < -0.39 is 0 Å². The average molecular weight is 180 g/mol. The predicted octanol–water partition coefficient (Wildman–Crippen LogP) is 0.0871.